The van der Waals surface area contributed by atoms with Gasteiger partial charge in [-0.05, 0) is 83.2 Å². The van der Waals surface area contributed by atoms with Gasteiger partial charge in [0.05, 0.1) is 11.6 Å². The van der Waals surface area contributed by atoms with Crippen LogP contribution in [0.25, 0.3) is 0 Å². The van der Waals surface area contributed by atoms with Crippen LogP contribution in [0, 0.1) is 11.7 Å². The minimum absolute atomic E-state index is 0.0577. The highest BCUT2D eigenvalue weighted by Crippen LogP contribution is 2.56. The quantitative estimate of drug-likeness (QED) is 0.195. The molecule has 2 heterocycles. The Morgan fingerprint density at radius 2 is 1.81 bits per heavy atom. The van der Waals surface area contributed by atoms with Gasteiger partial charge in [-0.3, -0.25) is 9.48 Å². The molecule has 1 saturated carbocycles. The number of pyridine rings is 1. The standard InChI is InChI=1S/C29H23F4N3O.C2H6.CH2O2/c30-26-12-23-21(10-18(26)15-37-28-11-17-8-16-9-20(16)24(17)14-34-28)22(13-27(23)36-7-3-6-35-36)19-4-1-2-5-25(19)29(31,32)33;1-2;2-1-3/h1-7,10-12,14,16,20,22,27H,8-9,13,15H2;1-2H3;1H,(H,2,3). The number of fused-ring (bicyclic) bond motifs is 4. The van der Waals surface area contributed by atoms with Gasteiger partial charge in [0.25, 0.3) is 6.47 Å². The third kappa shape index (κ3) is 5.62. The van der Waals surface area contributed by atoms with E-state index in [1.54, 1.807) is 35.3 Å². The molecule has 4 atom stereocenters. The van der Waals surface area contributed by atoms with E-state index in [1.807, 2.05) is 26.1 Å². The Kier molecular flexibility index (Phi) is 8.34. The summed E-state index contributed by atoms with van der Waals surface area (Å²) in [5, 5.41) is 11.2. The fourth-order valence-corrected chi connectivity index (χ4v) is 6.26. The molecule has 4 unspecified atom stereocenters. The van der Waals surface area contributed by atoms with Gasteiger partial charge in [-0.1, -0.05) is 32.0 Å². The topological polar surface area (TPSA) is 77.2 Å². The highest BCUT2D eigenvalue weighted by Gasteiger charge is 2.45. The molecule has 1 N–H and O–H groups in total. The Morgan fingerprint density at radius 3 is 2.52 bits per heavy atom. The van der Waals surface area contributed by atoms with E-state index in [1.165, 1.54) is 35.7 Å². The Hall–Kier alpha value is -4.21. The summed E-state index contributed by atoms with van der Waals surface area (Å²) in [6.07, 6.45) is 3.34. The molecule has 10 heteroatoms. The number of rotatable bonds is 5. The lowest BCUT2D eigenvalue weighted by Gasteiger charge is -2.19. The van der Waals surface area contributed by atoms with Crippen LogP contribution >= 0.6 is 0 Å². The van der Waals surface area contributed by atoms with Crippen LogP contribution in [0.15, 0.2) is 67.1 Å². The maximum atomic E-state index is 15.3. The van der Waals surface area contributed by atoms with Crippen LogP contribution in [-0.4, -0.2) is 26.3 Å². The molecule has 220 valence electrons. The third-order valence-corrected chi connectivity index (χ3v) is 8.11. The van der Waals surface area contributed by atoms with Crippen molar-refractivity contribution in [3.8, 4) is 5.88 Å². The summed E-state index contributed by atoms with van der Waals surface area (Å²) >= 11 is 0. The Bertz CT molecular complexity index is 1560. The fraction of sp³-hybridized carbons (Fsp3) is 0.344. The second-order valence-corrected chi connectivity index (χ2v) is 10.4. The Labute approximate surface area is 241 Å². The number of carboxylic acid groups (broad SMARTS) is 1. The number of halogens is 4. The lowest BCUT2D eigenvalue weighted by Crippen LogP contribution is -2.12. The van der Waals surface area contributed by atoms with Gasteiger partial charge in [0.15, 0.2) is 0 Å². The van der Waals surface area contributed by atoms with E-state index in [0.717, 1.165) is 18.4 Å². The van der Waals surface area contributed by atoms with Gasteiger partial charge >= 0.3 is 6.18 Å². The van der Waals surface area contributed by atoms with E-state index in [0.29, 0.717) is 34.9 Å². The second-order valence-electron chi connectivity index (χ2n) is 10.4. The van der Waals surface area contributed by atoms with E-state index < -0.39 is 23.5 Å². The lowest BCUT2D eigenvalue weighted by atomic mass is 9.88. The second kappa shape index (κ2) is 12.0. The SMILES string of the molecule is CC.Fc1cc2c(cc1COc1cc3c(cn1)C1CC1C3)C(c1ccccc1C(F)(F)F)CC2n1cccn1.O=CO. The van der Waals surface area contributed by atoms with Gasteiger partial charge in [0.2, 0.25) is 5.88 Å². The predicted molar refractivity (Wildman–Crippen MR) is 148 cm³/mol. The molecule has 0 aliphatic heterocycles. The molecule has 4 aromatic rings. The van der Waals surface area contributed by atoms with E-state index in [2.05, 4.69) is 10.1 Å². The molecule has 0 amide bonds. The molecule has 3 aliphatic rings. The molecule has 0 spiro atoms. The van der Waals surface area contributed by atoms with E-state index in [9.17, 15) is 13.2 Å². The lowest BCUT2D eigenvalue weighted by molar-refractivity contribution is -0.138. The first kappa shape index (κ1) is 29.3. The fourth-order valence-electron chi connectivity index (χ4n) is 6.26. The summed E-state index contributed by atoms with van der Waals surface area (Å²) in [5.41, 5.74) is 3.64. The van der Waals surface area contributed by atoms with Crippen LogP contribution in [0.5, 0.6) is 5.88 Å². The molecule has 0 saturated heterocycles. The van der Waals surface area contributed by atoms with E-state index in [-0.39, 0.29) is 24.7 Å². The van der Waals surface area contributed by atoms with Crippen molar-refractivity contribution in [3.05, 3.63) is 112 Å². The molecule has 1 fully saturated rings. The average Bonchev–Trinajstić information content (AvgIpc) is 3.31. The number of ether oxygens (including phenoxy) is 1. The summed E-state index contributed by atoms with van der Waals surface area (Å²) in [5.74, 6) is 0.771. The number of carbonyl (C=O) groups is 1. The molecule has 0 bridgehead atoms. The van der Waals surface area contributed by atoms with Gasteiger partial charge in [-0.15, -0.1) is 0 Å². The summed E-state index contributed by atoms with van der Waals surface area (Å²) in [6.45, 7) is 3.69. The predicted octanol–water partition coefficient (Wildman–Crippen LogP) is 7.53. The Balaban J connectivity index is 0.000000665. The maximum absolute atomic E-state index is 15.3. The third-order valence-electron chi connectivity index (χ3n) is 8.11. The largest absolute Gasteiger partial charge is 0.483 e. The molecule has 42 heavy (non-hydrogen) atoms. The van der Waals surface area contributed by atoms with Crippen molar-refractivity contribution in [2.75, 3.05) is 0 Å². The van der Waals surface area contributed by atoms with Gasteiger partial charge in [0.1, 0.15) is 12.4 Å². The number of benzene rings is 2. The summed E-state index contributed by atoms with van der Waals surface area (Å²) in [6, 6.07) is 12.0. The van der Waals surface area contributed by atoms with Crippen molar-refractivity contribution in [1.29, 1.82) is 0 Å². The van der Waals surface area contributed by atoms with Crippen LogP contribution in [0.3, 0.4) is 0 Å². The van der Waals surface area contributed by atoms with Crippen LogP contribution in [0.4, 0.5) is 17.6 Å². The number of alkyl halides is 3. The van der Waals surface area contributed by atoms with Crippen molar-refractivity contribution in [2.24, 2.45) is 5.92 Å². The molecular weight excluding hydrogens is 550 g/mol. The molecule has 0 radical (unpaired) electrons. The van der Waals surface area contributed by atoms with Gasteiger partial charge in [-0.25, -0.2) is 9.37 Å². The first-order valence-electron chi connectivity index (χ1n) is 14.0. The zero-order valence-electron chi connectivity index (χ0n) is 23.2. The molecule has 3 aliphatic carbocycles. The van der Waals surface area contributed by atoms with Gasteiger partial charge in [0, 0.05) is 36.1 Å². The van der Waals surface area contributed by atoms with Gasteiger partial charge in [-0.2, -0.15) is 18.3 Å². The Morgan fingerprint density at radius 1 is 1.05 bits per heavy atom. The zero-order valence-corrected chi connectivity index (χ0v) is 23.2. The van der Waals surface area contributed by atoms with Crippen molar-refractivity contribution in [1.82, 2.24) is 14.8 Å². The van der Waals surface area contributed by atoms with Crippen molar-refractivity contribution >= 4 is 6.47 Å². The minimum atomic E-state index is -4.49. The molecule has 6 nitrogen and oxygen atoms in total. The molecule has 7 rings (SSSR count). The van der Waals surface area contributed by atoms with Crippen LogP contribution < -0.4 is 4.74 Å². The van der Waals surface area contributed by atoms with Crippen molar-refractivity contribution in [3.63, 3.8) is 0 Å². The van der Waals surface area contributed by atoms with Crippen LogP contribution in [-0.2, 0) is 24.0 Å². The van der Waals surface area contributed by atoms with Crippen LogP contribution in [0.2, 0.25) is 0 Å². The maximum Gasteiger partial charge on any atom is 0.416 e. The van der Waals surface area contributed by atoms with Crippen molar-refractivity contribution in [2.45, 2.75) is 63.8 Å². The van der Waals surface area contributed by atoms with Crippen LogP contribution in [0.1, 0.15) is 83.5 Å². The highest BCUT2D eigenvalue weighted by molar-refractivity contribution is 5.50. The van der Waals surface area contributed by atoms with E-state index >= 15 is 4.39 Å². The summed E-state index contributed by atoms with van der Waals surface area (Å²) < 4.78 is 64.6. The number of hydrogen-bond acceptors (Lipinski definition) is 4. The number of hydrogen-bond donors (Lipinski definition) is 1. The van der Waals surface area contributed by atoms with Gasteiger partial charge < -0.3 is 9.84 Å². The first-order valence-corrected chi connectivity index (χ1v) is 14.0. The smallest absolute Gasteiger partial charge is 0.416 e. The number of nitrogens with zero attached hydrogens (tertiary/aromatic N) is 3. The van der Waals surface area contributed by atoms with Crippen molar-refractivity contribution < 1.29 is 32.2 Å². The highest BCUT2D eigenvalue weighted by atomic mass is 19.4. The summed E-state index contributed by atoms with van der Waals surface area (Å²) in [4.78, 5) is 12.8. The van der Waals surface area contributed by atoms with E-state index in [4.69, 9.17) is 14.6 Å². The molecular formula is C32H31F4N3O3. The monoisotopic (exact) mass is 581 g/mol. The zero-order chi connectivity index (χ0) is 30.0. The summed E-state index contributed by atoms with van der Waals surface area (Å²) in [7, 11) is 0. The normalized spacial score (nSPS) is 21.1. The average molecular weight is 582 g/mol. The molecule has 2 aromatic heterocycles. The minimum Gasteiger partial charge on any atom is -0.483 e. The first-order chi connectivity index (χ1) is 20.3. The number of aromatic nitrogens is 3. The molecule has 2 aromatic carbocycles.